The van der Waals surface area contributed by atoms with Crippen LogP contribution in [0.15, 0.2) is 36.5 Å². The van der Waals surface area contributed by atoms with Crippen molar-refractivity contribution in [1.82, 2.24) is 9.97 Å². The molecule has 1 N–H and O–H groups in total. The van der Waals surface area contributed by atoms with Gasteiger partial charge in [-0.1, -0.05) is 12.1 Å². The summed E-state index contributed by atoms with van der Waals surface area (Å²) in [4.78, 5) is 19.8. The van der Waals surface area contributed by atoms with E-state index in [0.29, 0.717) is 17.2 Å². The van der Waals surface area contributed by atoms with Crippen molar-refractivity contribution >= 4 is 12.2 Å². The van der Waals surface area contributed by atoms with Crippen LogP contribution < -0.4 is 5.32 Å². The standard InChI is InChI=1S/C15H16FN3O/c1-10(2)18-15-17-8-7-14(19-15)13(9-20)11-3-5-12(16)6-4-11/h3-10,13H,1-2H3,(H,17,18,19). The molecule has 0 aliphatic carbocycles. The molecule has 1 atom stereocenters. The van der Waals surface area contributed by atoms with Crippen molar-refractivity contribution < 1.29 is 9.18 Å². The highest BCUT2D eigenvalue weighted by Crippen LogP contribution is 2.21. The molecule has 5 heteroatoms. The highest BCUT2D eigenvalue weighted by molar-refractivity contribution is 5.67. The van der Waals surface area contributed by atoms with Crippen LogP contribution >= 0.6 is 0 Å². The zero-order valence-corrected chi connectivity index (χ0v) is 11.4. The number of rotatable bonds is 5. The molecule has 4 nitrogen and oxygen atoms in total. The van der Waals surface area contributed by atoms with Crippen molar-refractivity contribution in [2.75, 3.05) is 5.32 Å². The molecule has 0 radical (unpaired) electrons. The highest BCUT2D eigenvalue weighted by atomic mass is 19.1. The van der Waals surface area contributed by atoms with E-state index in [-0.39, 0.29) is 11.9 Å². The minimum absolute atomic E-state index is 0.200. The lowest BCUT2D eigenvalue weighted by molar-refractivity contribution is -0.108. The van der Waals surface area contributed by atoms with Gasteiger partial charge in [-0.05, 0) is 37.6 Å². The Balaban J connectivity index is 2.31. The number of aldehydes is 1. The molecule has 104 valence electrons. The van der Waals surface area contributed by atoms with Crippen LogP contribution in [-0.4, -0.2) is 22.3 Å². The van der Waals surface area contributed by atoms with E-state index in [9.17, 15) is 9.18 Å². The summed E-state index contributed by atoms with van der Waals surface area (Å²) in [6.45, 7) is 3.96. The molecule has 0 aliphatic rings. The van der Waals surface area contributed by atoms with Gasteiger partial charge in [0.05, 0.1) is 11.6 Å². The first-order chi connectivity index (χ1) is 9.60. The van der Waals surface area contributed by atoms with E-state index >= 15 is 0 Å². The normalized spacial score (nSPS) is 12.2. The number of aromatic nitrogens is 2. The molecule has 2 rings (SSSR count). The zero-order chi connectivity index (χ0) is 14.5. The zero-order valence-electron chi connectivity index (χ0n) is 11.4. The van der Waals surface area contributed by atoms with Crippen LogP contribution in [0.4, 0.5) is 10.3 Å². The molecule has 1 unspecified atom stereocenters. The summed E-state index contributed by atoms with van der Waals surface area (Å²) in [5, 5.41) is 3.09. The first-order valence-corrected chi connectivity index (χ1v) is 6.40. The van der Waals surface area contributed by atoms with E-state index in [1.807, 2.05) is 13.8 Å². The fourth-order valence-corrected chi connectivity index (χ4v) is 1.86. The van der Waals surface area contributed by atoms with Crippen molar-refractivity contribution in [3.8, 4) is 0 Å². The Hall–Kier alpha value is -2.30. The van der Waals surface area contributed by atoms with Crippen molar-refractivity contribution in [2.45, 2.75) is 25.8 Å². The maximum atomic E-state index is 12.9. The molecule has 0 bridgehead atoms. The lowest BCUT2D eigenvalue weighted by Crippen LogP contribution is -2.14. The Morgan fingerprint density at radius 1 is 1.20 bits per heavy atom. The summed E-state index contributed by atoms with van der Waals surface area (Å²) in [5.41, 5.74) is 1.29. The quantitative estimate of drug-likeness (QED) is 0.851. The van der Waals surface area contributed by atoms with Crippen LogP contribution in [0.2, 0.25) is 0 Å². The van der Waals surface area contributed by atoms with Gasteiger partial charge in [0.25, 0.3) is 0 Å². The number of carbonyl (C=O) groups excluding carboxylic acids is 1. The van der Waals surface area contributed by atoms with Crippen LogP contribution in [0.3, 0.4) is 0 Å². The van der Waals surface area contributed by atoms with Crippen LogP contribution in [0.5, 0.6) is 0 Å². The number of anilines is 1. The Bertz CT molecular complexity index is 584. The Morgan fingerprint density at radius 3 is 2.50 bits per heavy atom. The molecule has 0 spiro atoms. The molecule has 20 heavy (non-hydrogen) atoms. The second-order valence-corrected chi connectivity index (χ2v) is 4.77. The molecule has 0 fully saturated rings. The van der Waals surface area contributed by atoms with Crippen LogP contribution in [0.25, 0.3) is 0 Å². The SMILES string of the molecule is CC(C)Nc1nccc(C(C=O)c2ccc(F)cc2)n1. The smallest absolute Gasteiger partial charge is 0.223 e. The van der Waals surface area contributed by atoms with Gasteiger partial charge >= 0.3 is 0 Å². The Morgan fingerprint density at radius 2 is 1.90 bits per heavy atom. The summed E-state index contributed by atoms with van der Waals surface area (Å²) < 4.78 is 12.9. The Labute approximate surface area is 117 Å². The fourth-order valence-electron chi connectivity index (χ4n) is 1.86. The van der Waals surface area contributed by atoms with Crippen molar-refractivity contribution in [2.24, 2.45) is 0 Å². The number of carbonyl (C=O) groups is 1. The van der Waals surface area contributed by atoms with Crippen molar-refractivity contribution in [3.63, 3.8) is 0 Å². The van der Waals surface area contributed by atoms with Gasteiger partial charge < -0.3 is 10.1 Å². The van der Waals surface area contributed by atoms with Crippen LogP contribution in [0, 0.1) is 5.82 Å². The van der Waals surface area contributed by atoms with Gasteiger partial charge in [-0.2, -0.15) is 0 Å². The number of nitrogens with zero attached hydrogens (tertiary/aromatic N) is 2. The predicted octanol–water partition coefficient (Wildman–Crippen LogP) is 2.77. The van der Waals surface area contributed by atoms with Gasteiger partial charge in [-0.3, -0.25) is 0 Å². The summed E-state index contributed by atoms with van der Waals surface area (Å²) in [6, 6.07) is 7.73. The highest BCUT2D eigenvalue weighted by Gasteiger charge is 2.15. The van der Waals surface area contributed by atoms with E-state index < -0.39 is 5.92 Å². The van der Waals surface area contributed by atoms with Crippen molar-refractivity contribution in [1.29, 1.82) is 0 Å². The minimum Gasteiger partial charge on any atom is -0.352 e. The minimum atomic E-state index is -0.522. The van der Waals surface area contributed by atoms with Gasteiger partial charge in [-0.25, -0.2) is 14.4 Å². The number of hydrogen-bond acceptors (Lipinski definition) is 4. The van der Waals surface area contributed by atoms with E-state index in [1.165, 1.54) is 12.1 Å². The van der Waals surface area contributed by atoms with Crippen LogP contribution in [0.1, 0.15) is 31.0 Å². The molecule has 1 heterocycles. The largest absolute Gasteiger partial charge is 0.352 e. The molecule has 0 saturated heterocycles. The molecule has 1 aromatic carbocycles. The third-order valence-electron chi connectivity index (χ3n) is 2.78. The van der Waals surface area contributed by atoms with Gasteiger partial charge in [0.2, 0.25) is 5.95 Å². The second-order valence-electron chi connectivity index (χ2n) is 4.77. The number of hydrogen-bond donors (Lipinski definition) is 1. The molecule has 0 amide bonds. The fraction of sp³-hybridized carbons (Fsp3) is 0.267. The lowest BCUT2D eigenvalue weighted by Gasteiger charge is -2.13. The predicted molar refractivity (Wildman–Crippen MR) is 75.1 cm³/mol. The first-order valence-electron chi connectivity index (χ1n) is 6.40. The summed E-state index contributed by atoms with van der Waals surface area (Å²) in [6.07, 6.45) is 2.40. The Kier molecular flexibility index (Phi) is 4.40. The van der Waals surface area contributed by atoms with E-state index in [4.69, 9.17) is 0 Å². The molecular formula is C15H16FN3O. The van der Waals surface area contributed by atoms with Gasteiger partial charge in [-0.15, -0.1) is 0 Å². The third kappa shape index (κ3) is 3.38. The third-order valence-corrected chi connectivity index (χ3v) is 2.78. The monoisotopic (exact) mass is 273 g/mol. The summed E-state index contributed by atoms with van der Waals surface area (Å²) >= 11 is 0. The molecule has 1 aromatic heterocycles. The number of benzene rings is 1. The number of nitrogens with one attached hydrogen (secondary N) is 1. The van der Waals surface area contributed by atoms with Crippen LogP contribution in [-0.2, 0) is 4.79 Å². The van der Waals surface area contributed by atoms with Gasteiger partial charge in [0, 0.05) is 12.2 Å². The lowest BCUT2D eigenvalue weighted by atomic mass is 9.97. The van der Waals surface area contributed by atoms with Gasteiger partial charge in [0.15, 0.2) is 0 Å². The molecule has 0 saturated carbocycles. The second kappa shape index (κ2) is 6.23. The number of halogens is 1. The molecular weight excluding hydrogens is 257 g/mol. The van der Waals surface area contributed by atoms with E-state index in [0.717, 1.165) is 6.29 Å². The maximum absolute atomic E-state index is 12.9. The molecule has 0 aliphatic heterocycles. The average Bonchev–Trinajstić information content (AvgIpc) is 2.41. The summed E-state index contributed by atoms with van der Waals surface area (Å²) in [7, 11) is 0. The topological polar surface area (TPSA) is 54.9 Å². The first kappa shape index (κ1) is 14.1. The van der Waals surface area contributed by atoms with Crippen molar-refractivity contribution in [3.05, 3.63) is 53.6 Å². The van der Waals surface area contributed by atoms with E-state index in [1.54, 1.807) is 24.4 Å². The molecule has 2 aromatic rings. The van der Waals surface area contributed by atoms with E-state index in [2.05, 4.69) is 15.3 Å². The summed E-state index contributed by atoms with van der Waals surface area (Å²) in [5.74, 6) is -0.374. The average molecular weight is 273 g/mol. The maximum Gasteiger partial charge on any atom is 0.223 e. The van der Waals surface area contributed by atoms with Gasteiger partial charge in [0.1, 0.15) is 12.1 Å².